The first-order chi connectivity index (χ1) is 10.8. The average Bonchev–Trinajstić information content (AvgIpc) is 2.96. The molecule has 23 heavy (non-hydrogen) atoms. The molecule has 9 heteroatoms. The largest absolute Gasteiger partial charge is 0.469 e. The smallest absolute Gasteiger partial charge is 0.241 e. The maximum absolute atomic E-state index is 12.5. The highest BCUT2D eigenvalue weighted by Crippen LogP contribution is 2.31. The molecular formula is C14H16N2O5S2. The van der Waals surface area contributed by atoms with E-state index in [2.05, 4.69) is 4.72 Å². The first-order valence-electron chi connectivity index (χ1n) is 6.99. The lowest BCUT2D eigenvalue weighted by Gasteiger charge is -2.22. The van der Waals surface area contributed by atoms with Crippen molar-refractivity contribution in [1.82, 2.24) is 4.72 Å². The van der Waals surface area contributed by atoms with Crippen LogP contribution in [0.3, 0.4) is 0 Å². The van der Waals surface area contributed by atoms with Gasteiger partial charge in [-0.05, 0) is 37.1 Å². The van der Waals surface area contributed by atoms with Gasteiger partial charge >= 0.3 is 0 Å². The van der Waals surface area contributed by atoms with E-state index in [1.165, 1.54) is 18.2 Å². The monoisotopic (exact) mass is 356 g/mol. The van der Waals surface area contributed by atoms with E-state index in [0.29, 0.717) is 6.42 Å². The van der Waals surface area contributed by atoms with Gasteiger partial charge in [-0.3, -0.25) is 0 Å². The average molecular weight is 356 g/mol. The van der Waals surface area contributed by atoms with Crippen LogP contribution in [0.4, 0.5) is 0 Å². The van der Waals surface area contributed by atoms with Crippen LogP contribution in [-0.2, 0) is 26.5 Å². The molecule has 0 saturated heterocycles. The third-order valence-corrected chi connectivity index (χ3v) is 6.17. The van der Waals surface area contributed by atoms with Gasteiger partial charge in [0.05, 0.1) is 22.1 Å². The molecule has 0 radical (unpaired) electrons. The van der Waals surface area contributed by atoms with Gasteiger partial charge in [0.15, 0.2) is 0 Å². The summed E-state index contributed by atoms with van der Waals surface area (Å²) in [6.07, 6.45) is 3.78. The summed E-state index contributed by atoms with van der Waals surface area (Å²) in [5.41, 5.74) is 0.822. The van der Waals surface area contributed by atoms with Gasteiger partial charge in [0.1, 0.15) is 5.76 Å². The number of hydrogen-bond donors (Lipinski definition) is 2. The lowest BCUT2D eigenvalue weighted by Crippen LogP contribution is -2.30. The SMILES string of the molecule is NS(=O)(=O)c1cccc(S(=O)(=O)N[C@@H]2CCCc3occc32)c1. The summed E-state index contributed by atoms with van der Waals surface area (Å²) in [5, 5.41) is 5.05. The van der Waals surface area contributed by atoms with Gasteiger partial charge in [-0.1, -0.05) is 6.07 Å². The highest BCUT2D eigenvalue weighted by molar-refractivity contribution is 7.90. The minimum absolute atomic E-state index is 0.139. The van der Waals surface area contributed by atoms with Gasteiger partial charge in [0.2, 0.25) is 20.0 Å². The molecule has 7 nitrogen and oxygen atoms in total. The Balaban J connectivity index is 1.92. The van der Waals surface area contributed by atoms with Crippen molar-refractivity contribution in [3.05, 3.63) is 47.9 Å². The fourth-order valence-corrected chi connectivity index (χ4v) is 4.61. The molecule has 0 bridgehead atoms. The third kappa shape index (κ3) is 3.32. The number of benzene rings is 1. The molecule has 1 aromatic carbocycles. The van der Waals surface area contributed by atoms with Crippen LogP contribution in [0.1, 0.15) is 30.2 Å². The summed E-state index contributed by atoms with van der Waals surface area (Å²) in [5.74, 6) is 0.780. The van der Waals surface area contributed by atoms with Crippen molar-refractivity contribution in [2.24, 2.45) is 5.14 Å². The van der Waals surface area contributed by atoms with Crippen molar-refractivity contribution in [3.63, 3.8) is 0 Å². The zero-order valence-electron chi connectivity index (χ0n) is 12.1. The fraction of sp³-hybridized carbons (Fsp3) is 0.286. The zero-order valence-corrected chi connectivity index (χ0v) is 13.7. The Hall–Kier alpha value is -1.68. The normalized spacial score (nSPS) is 18.6. The lowest BCUT2D eigenvalue weighted by molar-refractivity contribution is 0.438. The fourth-order valence-electron chi connectivity index (χ4n) is 2.68. The van der Waals surface area contributed by atoms with E-state index in [9.17, 15) is 16.8 Å². The summed E-state index contributed by atoms with van der Waals surface area (Å²) < 4.78 is 55.8. The number of hydrogen-bond acceptors (Lipinski definition) is 5. The molecule has 1 aliphatic rings. The van der Waals surface area contributed by atoms with Crippen LogP contribution in [0.15, 0.2) is 50.8 Å². The van der Waals surface area contributed by atoms with Gasteiger partial charge in [-0.25, -0.2) is 26.7 Å². The highest BCUT2D eigenvalue weighted by Gasteiger charge is 2.28. The summed E-state index contributed by atoms with van der Waals surface area (Å²) >= 11 is 0. The predicted octanol–water partition coefficient (Wildman–Crippen LogP) is 1.28. The van der Waals surface area contributed by atoms with E-state index < -0.39 is 20.0 Å². The molecule has 0 spiro atoms. The number of sulfonamides is 2. The van der Waals surface area contributed by atoms with Crippen LogP contribution in [0, 0.1) is 0 Å². The van der Waals surface area contributed by atoms with Gasteiger partial charge in [-0.15, -0.1) is 0 Å². The van der Waals surface area contributed by atoms with Crippen LogP contribution < -0.4 is 9.86 Å². The Kier molecular flexibility index (Phi) is 4.05. The number of primary sulfonamides is 1. The van der Waals surface area contributed by atoms with Gasteiger partial charge in [0, 0.05) is 12.0 Å². The molecule has 124 valence electrons. The van der Waals surface area contributed by atoms with Crippen LogP contribution in [0.2, 0.25) is 0 Å². The number of aryl methyl sites for hydroxylation is 1. The molecule has 0 fully saturated rings. The molecule has 0 aliphatic heterocycles. The molecule has 3 N–H and O–H groups in total. The van der Waals surface area contributed by atoms with Gasteiger partial charge < -0.3 is 4.42 Å². The molecule has 0 saturated carbocycles. The predicted molar refractivity (Wildman–Crippen MR) is 82.5 cm³/mol. The van der Waals surface area contributed by atoms with E-state index in [1.54, 1.807) is 12.3 Å². The minimum atomic E-state index is -3.97. The molecule has 0 unspecified atom stereocenters. The number of furan rings is 1. The van der Waals surface area contributed by atoms with Crippen molar-refractivity contribution >= 4 is 20.0 Å². The molecule has 1 atom stereocenters. The number of fused-ring (bicyclic) bond motifs is 1. The third-order valence-electron chi connectivity index (χ3n) is 3.79. The lowest BCUT2D eigenvalue weighted by atomic mass is 9.94. The van der Waals surface area contributed by atoms with Crippen molar-refractivity contribution in [2.75, 3.05) is 0 Å². The van der Waals surface area contributed by atoms with E-state index in [-0.39, 0.29) is 15.8 Å². The maximum Gasteiger partial charge on any atom is 0.241 e. The van der Waals surface area contributed by atoms with Crippen molar-refractivity contribution < 1.29 is 21.3 Å². The molecule has 0 amide bonds. The topological polar surface area (TPSA) is 119 Å². The van der Waals surface area contributed by atoms with Crippen molar-refractivity contribution in [2.45, 2.75) is 35.1 Å². The summed E-state index contributed by atoms with van der Waals surface area (Å²) in [6.45, 7) is 0. The molecule has 1 aromatic heterocycles. The summed E-state index contributed by atoms with van der Waals surface area (Å²) in [4.78, 5) is -0.382. The molecule has 3 rings (SSSR count). The molecule has 2 aromatic rings. The molecule has 1 heterocycles. The Labute approximate surface area is 134 Å². The second-order valence-electron chi connectivity index (χ2n) is 5.39. The van der Waals surface area contributed by atoms with E-state index in [1.807, 2.05) is 0 Å². The maximum atomic E-state index is 12.5. The Morgan fingerprint density at radius 1 is 1.13 bits per heavy atom. The van der Waals surface area contributed by atoms with E-state index >= 15 is 0 Å². The number of rotatable bonds is 4. The Morgan fingerprint density at radius 3 is 2.61 bits per heavy atom. The zero-order chi connectivity index (χ0) is 16.7. The van der Waals surface area contributed by atoms with E-state index in [0.717, 1.165) is 30.2 Å². The standard InChI is InChI=1S/C14H16N2O5S2/c15-22(17,18)10-3-1-4-11(9-10)23(19,20)16-13-5-2-6-14-12(13)7-8-21-14/h1,3-4,7-9,13,16H,2,5-6H2,(H2,15,17,18)/t13-/m1/s1. The Morgan fingerprint density at radius 2 is 1.87 bits per heavy atom. The quantitative estimate of drug-likeness (QED) is 0.855. The summed E-state index contributed by atoms with van der Waals surface area (Å²) in [6, 6.07) is 6.34. The van der Waals surface area contributed by atoms with Crippen LogP contribution in [-0.4, -0.2) is 16.8 Å². The first-order valence-corrected chi connectivity index (χ1v) is 10.0. The number of nitrogens with one attached hydrogen (secondary N) is 1. The minimum Gasteiger partial charge on any atom is -0.469 e. The van der Waals surface area contributed by atoms with Crippen LogP contribution in [0.5, 0.6) is 0 Å². The van der Waals surface area contributed by atoms with Crippen LogP contribution in [0.25, 0.3) is 0 Å². The van der Waals surface area contributed by atoms with Gasteiger partial charge in [-0.2, -0.15) is 0 Å². The van der Waals surface area contributed by atoms with Crippen molar-refractivity contribution in [1.29, 1.82) is 0 Å². The second-order valence-corrected chi connectivity index (χ2v) is 8.66. The van der Waals surface area contributed by atoms with E-state index in [4.69, 9.17) is 9.56 Å². The Bertz CT molecular complexity index is 932. The first kappa shape index (κ1) is 16.2. The summed E-state index contributed by atoms with van der Waals surface area (Å²) in [7, 11) is -7.84. The van der Waals surface area contributed by atoms with Crippen LogP contribution >= 0.6 is 0 Å². The van der Waals surface area contributed by atoms with Crippen molar-refractivity contribution in [3.8, 4) is 0 Å². The van der Waals surface area contributed by atoms with Gasteiger partial charge in [0.25, 0.3) is 0 Å². The highest BCUT2D eigenvalue weighted by atomic mass is 32.2. The second kappa shape index (κ2) is 5.75. The molecular weight excluding hydrogens is 340 g/mol. The molecule has 1 aliphatic carbocycles. The number of nitrogens with two attached hydrogens (primary N) is 1.